The summed E-state index contributed by atoms with van der Waals surface area (Å²) in [5.41, 5.74) is -0.591. The molecule has 0 atom stereocenters. The number of rotatable bonds is 6. The highest BCUT2D eigenvalue weighted by molar-refractivity contribution is 7.89. The largest absolute Gasteiger partial charge is 0.452 e. The Hall–Kier alpha value is -2.85. The van der Waals surface area contributed by atoms with Crippen LogP contribution in [0.1, 0.15) is 36.0 Å². The van der Waals surface area contributed by atoms with Crippen molar-refractivity contribution in [3.8, 4) is 0 Å². The van der Waals surface area contributed by atoms with Gasteiger partial charge in [0.2, 0.25) is 10.0 Å². The van der Waals surface area contributed by atoms with Gasteiger partial charge in [0, 0.05) is 13.1 Å². The number of amides is 1. The first-order valence-corrected chi connectivity index (χ1v) is 11.2. The van der Waals surface area contributed by atoms with Crippen LogP contribution in [-0.2, 0) is 19.6 Å². The smallest absolute Gasteiger partial charge is 0.338 e. The first-order valence-electron chi connectivity index (χ1n) is 9.80. The summed E-state index contributed by atoms with van der Waals surface area (Å²) in [6.45, 7) is 0.161. The van der Waals surface area contributed by atoms with E-state index in [2.05, 4.69) is 0 Å². The highest BCUT2D eigenvalue weighted by atomic mass is 32.2. The number of hydrogen-bond acceptors (Lipinski definition) is 5. The second-order valence-corrected chi connectivity index (χ2v) is 9.00. The van der Waals surface area contributed by atoms with Crippen LogP contribution in [0.3, 0.4) is 0 Å². The molecule has 1 N–H and O–H groups in total. The first-order chi connectivity index (χ1) is 14.8. The highest BCUT2D eigenvalue weighted by Gasteiger charge is 2.25. The number of nitrogens with one attached hydrogen (secondary N) is 1. The number of hydrogen-bond donors (Lipinski definition) is 1. The molecule has 0 aromatic heterocycles. The molecule has 1 heterocycles. The normalized spacial score (nSPS) is 15.2. The van der Waals surface area contributed by atoms with E-state index in [0.717, 1.165) is 43.9 Å². The van der Waals surface area contributed by atoms with Gasteiger partial charge in [-0.1, -0.05) is 18.9 Å². The van der Waals surface area contributed by atoms with E-state index in [1.54, 1.807) is 0 Å². The van der Waals surface area contributed by atoms with Gasteiger partial charge >= 0.3 is 5.97 Å². The van der Waals surface area contributed by atoms with Gasteiger partial charge < -0.3 is 10.1 Å². The molecular weight excluding hydrogens is 430 g/mol. The minimum atomic E-state index is -3.65. The molecule has 1 saturated heterocycles. The minimum Gasteiger partial charge on any atom is -0.452 e. The molecule has 0 saturated carbocycles. The van der Waals surface area contributed by atoms with E-state index in [9.17, 15) is 26.8 Å². The van der Waals surface area contributed by atoms with E-state index < -0.39 is 45.8 Å². The Morgan fingerprint density at radius 3 is 2.10 bits per heavy atom. The zero-order chi connectivity index (χ0) is 22.4. The number of nitrogens with zero attached hydrogens (tertiary/aromatic N) is 1. The van der Waals surface area contributed by atoms with Crippen molar-refractivity contribution in [3.05, 3.63) is 59.7 Å². The molecule has 0 aliphatic carbocycles. The van der Waals surface area contributed by atoms with Crippen LogP contribution < -0.4 is 5.32 Å². The summed E-state index contributed by atoms with van der Waals surface area (Å²) in [6, 6.07) is 8.31. The van der Waals surface area contributed by atoms with Crippen molar-refractivity contribution in [2.24, 2.45) is 0 Å². The fraction of sp³-hybridized carbons (Fsp3) is 0.333. The Balaban J connectivity index is 1.59. The monoisotopic (exact) mass is 452 g/mol. The third-order valence-electron chi connectivity index (χ3n) is 4.85. The number of esters is 1. The molecule has 0 bridgehead atoms. The summed E-state index contributed by atoms with van der Waals surface area (Å²) in [4.78, 5) is 24.0. The zero-order valence-electron chi connectivity index (χ0n) is 16.6. The standard InChI is InChI=1S/C21H22F2N2O5S/c22-17-6-5-7-18(23)20(17)24-19(26)14-30-21(27)15-8-10-16(11-9-15)31(28,29)25-12-3-1-2-4-13-25/h5-11H,1-4,12-14H2,(H,24,26). The van der Waals surface area contributed by atoms with Gasteiger partial charge in [0.15, 0.2) is 6.61 Å². The molecule has 31 heavy (non-hydrogen) atoms. The van der Waals surface area contributed by atoms with Crippen molar-refractivity contribution < 1.29 is 31.5 Å². The van der Waals surface area contributed by atoms with Gasteiger partial charge in [0.25, 0.3) is 5.91 Å². The summed E-state index contributed by atoms with van der Waals surface area (Å²) >= 11 is 0. The molecule has 1 aliphatic heterocycles. The van der Waals surface area contributed by atoms with Gasteiger partial charge in [-0.2, -0.15) is 4.31 Å². The number of anilines is 1. The van der Waals surface area contributed by atoms with Gasteiger partial charge in [-0.05, 0) is 49.2 Å². The van der Waals surface area contributed by atoms with E-state index in [-0.39, 0.29) is 10.5 Å². The molecule has 10 heteroatoms. The lowest BCUT2D eigenvalue weighted by Gasteiger charge is -2.20. The number of halogens is 2. The van der Waals surface area contributed by atoms with Crippen LogP contribution in [0.2, 0.25) is 0 Å². The van der Waals surface area contributed by atoms with Gasteiger partial charge in [0.1, 0.15) is 17.3 Å². The molecule has 3 rings (SSSR count). The summed E-state index contributed by atoms with van der Waals surface area (Å²) in [5.74, 6) is -3.71. The van der Waals surface area contributed by atoms with Crippen LogP contribution in [0, 0.1) is 11.6 Å². The molecule has 1 amide bonds. The Morgan fingerprint density at radius 2 is 1.52 bits per heavy atom. The van der Waals surface area contributed by atoms with Crippen molar-refractivity contribution in [2.45, 2.75) is 30.6 Å². The van der Waals surface area contributed by atoms with Crippen molar-refractivity contribution in [1.29, 1.82) is 0 Å². The second-order valence-electron chi connectivity index (χ2n) is 7.06. The molecule has 166 valence electrons. The quantitative estimate of drug-likeness (QED) is 0.679. The number of carbonyl (C=O) groups excluding carboxylic acids is 2. The Bertz CT molecular complexity index is 1030. The van der Waals surface area contributed by atoms with Crippen LogP contribution in [0.4, 0.5) is 14.5 Å². The predicted octanol–water partition coefficient (Wildman–Crippen LogP) is 3.33. The fourth-order valence-corrected chi connectivity index (χ4v) is 4.72. The fourth-order valence-electron chi connectivity index (χ4n) is 3.20. The number of carbonyl (C=O) groups is 2. The number of ether oxygens (including phenoxy) is 1. The topological polar surface area (TPSA) is 92.8 Å². The van der Waals surface area contributed by atoms with Crippen LogP contribution >= 0.6 is 0 Å². The molecule has 0 radical (unpaired) electrons. The van der Waals surface area contributed by atoms with Crippen molar-refractivity contribution >= 4 is 27.6 Å². The third-order valence-corrected chi connectivity index (χ3v) is 6.77. The lowest BCUT2D eigenvalue weighted by atomic mass is 10.2. The first kappa shape index (κ1) is 22.8. The maximum absolute atomic E-state index is 13.6. The molecule has 2 aromatic rings. The number of para-hydroxylation sites is 1. The van der Waals surface area contributed by atoms with Crippen molar-refractivity contribution in [1.82, 2.24) is 4.31 Å². The van der Waals surface area contributed by atoms with Gasteiger partial charge in [-0.15, -0.1) is 0 Å². The van der Waals surface area contributed by atoms with Gasteiger partial charge in [0.05, 0.1) is 10.5 Å². The summed E-state index contributed by atoms with van der Waals surface area (Å²) < 4.78 is 58.9. The summed E-state index contributed by atoms with van der Waals surface area (Å²) in [5, 5.41) is 2.00. The van der Waals surface area contributed by atoms with Gasteiger partial charge in [-0.25, -0.2) is 22.0 Å². The summed E-state index contributed by atoms with van der Waals surface area (Å²) in [7, 11) is -3.65. The molecule has 1 aliphatic rings. The Kier molecular flexibility index (Phi) is 7.34. The Labute approximate surface area is 179 Å². The Morgan fingerprint density at radius 1 is 0.935 bits per heavy atom. The van der Waals surface area contributed by atoms with Crippen LogP contribution in [-0.4, -0.2) is 44.3 Å². The lowest BCUT2D eigenvalue weighted by Crippen LogP contribution is -2.31. The van der Waals surface area contributed by atoms with Crippen molar-refractivity contribution in [3.63, 3.8) is 0 Å². The van der Waals surface area contributed by atoms with Crippen LogP contribution in [0.15, 0.2) is 47.4 Å². The van der Waals surface area contributed by atoms with E-state index in [1.165, 1.54) is 28.6 Å². The number of sulfonamides is 1. The minimum absolute atomic E-state index is 0.0414. The molecule has 0 unspecified atom stereocenters. The molecule has 2 aromatic carbocycles. The second kappa shape index (κ2) is 9.97. The number of benzene rings is 2. The third kappa shape index (κ3) is 5.65. The lowest BCUT2D eigenvalue weighted by molar-refractivity contribution is -0.119. The molecule has 1 fully saturated rings. The van der Waals surface area contributed by atoms with Gasteiger partial charge in [-0.3, -0.25) is 4.79 Å². The maximum Gasteiger partial charge on any atom is 0.338 e. The van der Waals surface area contributed by atoms with E-state index in [0.29, 0.717) is 13.1 Å². The van der Waals surface area contributed by atoms with E-state index in [4.69, 9.17) is 4.74 Å². The highest BCUT2D eigenvalue weighted by Crippen LogP contribution is 2.21. The zero-order valence-corrected chi connectivity index (χ0v) is 17.5. The molecule has 7 nitrogen and oxygen atoms in total. The van der Waals surface area contributed by atoms with Crippen LogP contribution in [0.25, 0.3) is 0 Å². The van der Waals surface area contributed by atoms with E-state index in [1.807, 2.05) is 5.32 Å². The maximum atomic E-state index is 13.6. The van der Waals surface area contributed by atoms with E-state index >= 15 is 0 Å². The SMILES string of the molecule is O=C(COC(=O)c1ccc(S(=O)(=O)N2CCCCCC2)cc1)Nc1c(F)cccc1F. The molecular formula is C21H22F2N2O5S. The average Bonchev–Trinajstić information content (AvgIpc) is 3.05. The predicted molar refractivity (Wildman–Crippen MR) is 109 cm³/mol. The van der Waals surface area contributed by atoms with Crippen LogP contribution in [0.5, 0.6) is 0 Å². The summed E-state index contributed by atoms with van der Waals surface area (Å²) in [6.07, 6.45) is 3.60. The average molecular weight is 452 g/mol. The van der Waals surface area contributed by atoms with Crippen molar-refractivity contribution in [2.75, 3.05) is 25.0 Å². The molecule has 0 spiro atoms.